The quantitative estimate of drug-likeness (QED) is 0.309. The van der Waals surface area contributed by atoms with Crippen molar-refractivity contribution >= 4 is 11.6 Å². The summed E-state index contributed by atoms with van der Waals surface area (Å²) >= 11 is 5.84. The van der Waals surface area contributed by atoms with Gasteiger partial charge >= 0.3 is 0 Å². The summed E-state index contributed by atoms with van der Waals surface area (Å²) in [7, 11) is 2.24. The van der Waals surface area contributed by atoms with Crippen molar-refractivity contribution in [2.24, 2.45) is 5.92 Å². The van der Waals surface area contributed by atoms with Gasteiger partial charge in [0.25, 0.3) is 0 Å². The zero-order valence-corrected chi connectivity index (χ0v) is 24.9. The van der Waals surface area contributed by atoms with Crippen molar-refractivity contribution in [3.63, 3.8) is 0 Å². The summed E-state index contributed by atoms with van der Waals surface area (Å²) in [6.07, 6.45) is 3.47. The Balaban J connectivity index is 0. The smallest absolute Gasteiger partial charge is 0.0435 e. The molecule has 0 N–H and O–H groups in total. The van der Waals surface area contributed by atoms with Crippen molar-refractivity contribution in [3.05, 3.63) is 81.4 Å². The molecule has 200 valence electrons. The molecule has 1 unspecified atom stereocenters. The minimum atomic E-state index is 0. The molecule has 0 fully saturated rings. The van der Waals surface area contributed by atoms with Gasteiger partial charge in [0, 0.05) is 10.4 Å². The van der Waals surface area contributed by atoms with Crippen molar-refractivity contribution in [2.45, 2.75) is 101 Å². The second-order valence-corrected chi connectivity index (χ2v) is 10.5. The molecular weight excluding hydrogens is 446 g/mol. The van der Waals surface area contributed by atoms with Crippen LogP contribution in [0.15, 0.2) is 48.6 Å². The average Bonchev–Trinajstić information content (AvgIpc) is 2.81. The van der Waals surface area contributed by atoms with Crippen LogP contribution in [0.5, 0.6) is 0 Å². The first-order chi connectivity index (χ1) is 15.9. The van der Waals surface area contributed by atoms with E-state index in [9.17, 15) is 0 Å². The van der Waals surface area contributed by atoms with E-state index in [1.165, 1.54) is 46.4 Å². The first-order valence-corrected chi connectivity index (χ1v) is 13.5. The molecule has 35 heavy (non-hydrogen) atoms. The number of halogens is 1. The number of nitrogens with zero attached hydrogens (tertiary/aromatic N) is 1. The fourth-order valence-corrected chi connectivity index (χ4v) is 3.74. The number of allylic oxidation sites excluding steroid dienone is 1. The SMILES string of the molecule is C.C=C(C)C(C)(CCN(C)CCC(C)C)c1ccc(C)c(C)c1.CC.CCc1ccc(Cl)c(C)c1. The maximum absolute atomic E-state index is 5.84. The van der Waals surface area contributed by atoms with Gasteiger partial charge in [-0.3, -0.25) is 0 Å². The molecule has 0 radical (unpaired) electrons. The van der Waals surface area contributed by atoms with Crippen molar-refractivity contribution in [3.8, 4) is 0 Å². The molecule has 2 heteroatoms. The van der Waals surface area contributed by atoms with E-state index in [0.29, 0.717) is 0 Å². The Morgan fingerprint density at radius 3 is 2.03 bits per heavy atom. The Morgan fingerprint density at radius 2 is 1.57 bits per heavy atom. The second kappa shape index (κ2) is 17.8. The van der Waals surface area contributed by atoms with Crippen LogP contribution >= 0.6 is 11.6 Å². The van der Waals surface area contributed by atoms with E-state index in [-0.39, 0.29) is 12.8 Å². The third kappa shape index (κ3) is 12.3. The van der Waals surface area contributed by atoms with Crippen molar-refractivity contribution in [1.29, 1.82) is 0 Å². The minimum Gasteiger partial charge on any atom is -0.306 e. The molecule has 0 aliphatic rings. The van der Waals surface area contributed by atoms with E-state index in [1.54, 1.807) is 0 Å². The van der Waals surface area contributed by atoms with E-state index >= 15 is 0 Å². The molecule has 0 heterocycles. The molecular formula is C33H56ClN. The molecule has 0 aromatic heterocycles. The Labute approximate surface area is 225 Å². The summed E-state index contributed by atoms with van der Waals surface area (Å²) in [6.45, 7) is 28.2. The Bertz CT molecular complexity index is 867. The van der Waals surface area contributed by atoms with E-state index < -0.39 is 0 Å². The molecule has 0 amide bonds. The van der Waals surface area contributed by atoms with Gasteiger partial charge in [-0.1, -0.05) is 103 Å². The molecule has 1 atom stereocenters. The van der Waals surface area contributed by atoms with E-state index in [4.69, 9.17) is 11.6 Å². The fraction of sp³-hybridized carbons (Fsp3) is 0.576. The van der Waals surface area contributed by atoms with Gasteiger partial charge in [0.15, 0.2) is 0 Å². The van der Waals surface area contributed by atoms with Crippen molar-refractivity contribution < 1.29 is 0 Å². The van der Waals surface area contributed by atoms with Crippen LogP contribution in [0.1, 0.15) is 96.6 Å². The van der Waals surface area contributed by atoms with Gasteiger partial charge in [-0.05, 0) is 107 Å². The standard InChI is InChI=1S/C21H35N.C9H11Cl.C2H6.CH4/c1-16(2)11-13-22(8)14-12-21(7,17(3)4)20-10-9-18(5)19(6)15-20;1-3-8-4-5-9(10)7(2)6-8;1-2;/h9-10,15-16H,3,11-14H2,1-2,4-8H3;4-6H,3H2,1-2H3;1-2H3;1H4. The first kappa shape index (κ1) is 35.6. The van der Waals surface area contributed by atoms with Gasteiger partial charge in [0.05, 0.1) is 0 Å². The summed E-state index contributed by atoms with van der Waals surface area (Å²) in [5, 5.41) is 0.859. The number of aryl methyl sites for hydroxylation is 4. The Kier molecular flexibility index (Phi) is 18.1. The largest absolute Gasteiger partial charge is 0.306 e. The number of hydrogen-bond donors (Lipinski definition) is 0. The topological polar surface area (TPSA) is 3.24 Å². The lowest BCUT2D eigenvalue weighted by molar-refractivity contribution is 0.284. The van der Waals surface area contributed by atoms with Crippen LogP contribution in [-0.4, -0.2) is 25.0 Å². The lowest BCUT2D eigenvalue weighted by Gasteiger charge is -2.33. The van der Waals surface area contributed by atoms with Crippen LogP contribution in [0.2, 0.25) is 5.02 Å². The normalized spacial score (nSPS) is 12.1. The molecule has 0 aliphatic heterocycles. The highest BCUT2D eigenvalue weighted by Gasteiger charge is 2.28. The fourth-order valence-electron chi connectivity index (χ4n) is 3.62. The monoisotopic (exact) mass is 501 g/mol. The van der Waals surface area contributed by atoms with Crippen molar-refractivity contribution in [1.82, 2.24) is 4.90 Å². The third-order valence-electron chi connectivity index (χ3n) is 6.80. The number of hydrogen-bond acceptors (Lipinski definition) is 1. The molecule has 1 nitrogen and oxygen atoms in total. The van der Waals surface area contributed by atoms with Crippen LogP contribution < -0.4 is 0 Å². The van der Waals surface area contributed by atoms with Crippen LogP contribution in [-0.2, 0) is 11.8 Å². The lowest BCUT2D eigenvalue weighted by Crippen LogP contribution is -2.31. The van der Waals surface area contributed by atoms with Gasteiger partial charge in [0.1, 0.15) is 0 Å². The highest BCUT2D eigenvalue weighted by molar-refractivity contribution is 6.31. The summed E-state index contributed by atoms with van der Waals surface area (Å²) in [5.41, 5.74) is 7.97. The highest BCUT2D eigenvalue weighted by atomic mass is 35.5. The van der Waals surface area contributed by atoms with Gasteiger partial charge < -0.3 is 4.90 Å². The van der Waals surface area contributed by atoms with Crippen LogP contribution in [0, 0.1) is 26.7 Å². The minimum absolute atomic E-state index is 0. The molecule has 0 bridgehead atoms. The summed E-state index contributed by atoms with van der Waals surface area (Å²) in [5.74, 6) is 0.773. The number of benzene rings is 2. The third-order valence-corrected chi connectivity index (χ3v) is 7.22. The van der Waals surface area contributed by atoms with Crippen LogP contribution in [0.3, 0.4) is 0 Å². The zero-order chi connectivity index (χ0) is 26.5. The first-order valence-electron chi connectivity index (χ1n) is 13.1. The van der Waals surface area contributed by atoms with Crippen LogP contribution in [0.4, 0.5) is 0 Å². The zero-order valence-electron chi connectivity index (χ0n) is 24.1. The molecule has 2 aromatic carbocycles. The van der Waals surface area contributed by atoms with E-state index in [2.05, 4.69) is 97.3 Å². The Morgan fingerprint density at radius 1 is 0.971 bits per heavy atom. The summed E-state index contributed by atoms with van der Waals surface area (Å²) in [4.78, 5) is 2.46. The molecule has 2 aromatic rings. The molecule has 0 saturated heterocycles. The predicted molar refractivity (Wildman–Crippen MR) is 163 cm³/mol. The van der Waals surface area contributed by atoms with E-state index in [0.717, 1.165) is 30.3 Å². The summed E-state index contributed by atoms with van der Waals surface area (Å²) < 4.78 is 0. The highest BCUT2D eigenvalue weighted by Crippen LogP contribution is 2.35. The molecule has 0 saturated carbocycles. The maximum Gasteiger partial charge on any atom is 0.0435 e. The maximum atomic E-state index is 5.84. The van der Waals surface area contributed by atoms with Gasteiger partial charge in [-0.2, -0.15) is 0 Å². The number of rotatable bonds is 9. The van der Waals surface area contributed by atoms with Gasteiger partial charge in [0.2, 0.25) is 0 Å². The summed E-state index contributed by atoms with van der Waals surface area (Å²) in [6, 6.07) is 13.0. The van der Waals surface area contributed by atoms with Gasteiger partial charge in [-0.15, -0.1) is 0 Å². The average molecular weight is 502 g/mol. The molecule has 0 aliphatic carbocycles. The molecule has 0 spiro atoms. The van der Waals surface area contributed by atoms with Gasteiger partial charge in [-0.25, -0.2) is 0 Å². The second-order valence-electron chi connectivity index (χ2n) is 10.1. The molecule has 2 rings (SSSR count). The Hall–Kier alpha value is -1.57. The van der Waals surface area contributed by atoms with Crippen molar-refractivity contribution in [2.75, 3.05) is 20.1 Å². The van der Waals surface area contributed by atoms with E-state index in [1.807, 2.05) is 26.8 Å². The van der Waals surface area contributed by atoms with Crippen LogP contribution in [0.25, 0.3) is 0 Å². The lowest BCUT2D eigenvalue weighted by atomic mass is 9.73. The predicted octanol–water partition coefficient (Wildman–Crippen LogP) is 10.4.